The molecular formula is C21H36N4O4. The van der Waals surface area contributed by atoms with Gasteiger partial charge in [-0.25, -0.2) is 0 Å². The Morgan fingerprint density at radius 2 is 2.03 bits per heavy atom. The Morgan fingerprint density at radius 1 is 1.31 bits per heavy atom. The second-order valence-corrected chi connectivity index (χ2v) is 7.57. The summed E-state index contributed by atoms with van der Waals surface area (Å²) < 4.78 is 16.5. The highest BCUT2D eigenvalue weighted by Gasteiger charge is 2.25. The van der Waals surface area contributed by atoms with Gasteiger partial charge in [-0.15, -0.1) is 0 Å². The van der Waals surface area contributed by atoms with Gasteiger partial charge in [0.25, 0.3) is 0 Å². The standard InChI is InChI=1S/C21H36N4O4/c1-5-22-20(24-15-21(3,26)16-25-9-11-28-12-10-25)23-14-17(2)29-19-8-6-7-18(13-19)27-4/h6-8,13,17,26H,5,9-12,14-16H2,1-4H3,(H2,22,23,24). The van der Waals surface area contributed by atoms with Crippen LogP contribution in [-0.2, 0) is 4.74 Å². The number of benzene rings is 1. The van der Waals surface area contributed by atoms with Crippen LogP contribution in [0.3, 0.4) is 0 Å². The van der Waals surface area contributed by atoms with Gasteiger partial charge in [-0.05, 0) is 32.9 Å². The van der Waals surface area contributed by atoms with Crippen molar-refractivity contribution in [3.05, 3.63) is 24.3 Å². The number of rotatable bonds is 10. The molecule has 0 spiro atoms. The van der Waals surface area contributed by atoms with E-state index in [4.69, 9.17) is 14.2 Å². The molecular weight excluding hydrogens is 372 g/mol. The fraction of sp³-hybridized carbons (Fsp3) is 0.667. The third-order valence-electron chi connectivity index (χ3n) is 4.53. The molecule has 0 radical (unpaired) electrons. The summed E-state index contributed by atoms with van der Waals surface area (Å²) in [5.41, 5.74) is -0.900. The summed E-state index contributed by atoms with van der Waals surface area (Å²) >= 11 is 0. The lowest BCUT2D eigenvalue weighted by atomic mass is 10.1. The molecule has 29 heavy (non-hydrogen) atoms. The van der Waals surface area contributed by atoms with E-state index in [2.05, 4.69) is 20.5 Å². The zero-order valence-corrected chi connectivity index (χ0v) is 18.1. The minimum absolute atomic E-state index is 0.0696. The van der Waals surface area contributed by atoms with Crippen LogP contribution >= 0.6 is 0 Å². The molecule has 1 aromatic carbocycles. The predicted octanol–water partition coefficient (Wildman–Crippen LogP) is 1.10. The van der Waals surface area contributed by atoms with Crippen LogP contribution in [0.25, 0.3) is 0 Å². The molecule has 0 aliphatic carbocycles. The van der Waals surface area contributed by atoms with Crippen molar-refractivity contribution in [1.82, 2.24) is 15.5 Å². The zero-order valence-electron chi connectivity index (χ0n) is 18.1. The van der Waals surface area contributed by atoms with Crippen LogP contribution in [0.5, 0.6) is 11.5 Å². The van der Waals surface area contributed by atoms with Crippen LogP contribution in [0.15, 0.2) is 29.3 Å². The smallest absolute Gasteiger partial charge is 0.191 e. The lowest BCUT2D eigenvalue weighted by Crippen LogP contribution is -2.48. The van der Waals surface area contributed by atoms with E-state index in [1.807, 2.05) is 45.0 Å². The molecule has 1 fully saturated rings. The molecule has 1 heterocycles. The maximum Gasteiger partial charge on any atom is 0.191 e. The number of β-amino-alcohol motifs (C(OH)–C–C–N with tert-alkyl or cyclic N) is 1. The Kier molecular flexibility index (Phi) is 9.50. The van der Waals surface area contributed by atoms with Crippen molar-refractivity contribution in [2.24, 2.45) is 4.99 Å². The number of aliphatic hydroxyl groups is 1. The van der Waals surface area contributed by atoms with Crippen LogP contribution in [0, 0.1) is 0 Å². The van der Waals surface area contributed by atoms with E-state index in [9.17, 15) is 5.11 Å². The molecule has 0 bridgehead atoms. The van der Waals surface area contributed by atoms with Gasteiger partial charge in [-0.2, -0.15) is 0 Å². The van der Waals surface area contributed by atoms with Crippen molar-refractivity contribution < 1.29 is 19.3 Å². The number of hydrogen-bond acceptors (Lipinski definition) is 6. The molecule has 8 nitrogen and oxygen atoms in total. The highest BCUT2D eigenvalue weighted by Crippen LogP contribution is 2.19. The maximum absolute atomic E-state index is 10.7. The third-order valence-corrected chi connectivity index (χ3v) is 4.53. The van der Waals surface area contributed by atoms with Gasteiger partial charge in [0.1, 0.15) is 17.6 Å². The first-order valence-electron chi connectivity index (χ1n) is 10.3. The van der Waals surface area contributed by atoms with Crippen molar-refractivity contribution in [1.29, 1.82) is 0 Å². The van der Waals surface area contributed by atoms with Crippen molar-refractivity contribution in [3.8, 4) is 11.5 Å². The molecule has 8 heteroatoms. The first kappa shape index (κ1) is 23.3. The molecule has 0 aromatic heterocycles. The summed E-state index contributed by atoms with van der Waals surface area (Å²) in [6.07, 6.45) is -0.0696. The molecule has 2 rings (SSSR count). The molecule has 2 atom stereocenters. The summed E-state index contributed by atoms with van der Waals surface area (Å²) in [4.78, 5) is 6.78. The molecule has 164 valence electrons. The van der Waals surface area contributed by atoms with E-state index in [-0.39, 0.29) is 6.10 Å². The summed E-state index contributed by atoms with van der Waals surface area (Å²) in [6, 6.07) is 7.55. The summed E-state index contributed by atoms with van der Waals surface area (Å²) in [7, 11) is 1.64. The normalized spacial score (nSPS) is 18.6. The summed E-state index contributed by atoms with van der Waals surface area (Å²) in [5.74, 6) is 2.19. The van der Waals surface area contributed by atoms with E-state index in [1.54, 1.807) is 7.11 Å². The van der Waals surface area contributed by atoms with Crippen molar-refractivity contribution in [2.75, 3.05) is 59.6 Å². The Hall–Kier alpha value is -2.03. The Morgan fingerprint density at radius 3 is 2.72 bits per heavy atom. The molecule has 1 aliphatic heterocycles. The number of nitrogens with zero attached hydrogens (tertiary/aromatic N) is 2. The molecule has 1 aliphatic rings. The Labute approximate surface area is 174 Å². The maximum atomic E-state index is 10.7. The molecule has 0 amide bonds. The fourth-order valence-corrected chi connectivity index (χ4v) is 3.07. The van der Waals surface area contributed by atoms with Gasteiger partial charge < -0.3 is 30.0 Å². The molecule has 3 N–H and O–H groups in total. The van der Waals surface area contributed by atoms with E-state index < -0.39 is 5.60 Å². The SMILES string of the molecule is CCNC(=NCC(C)(O)CN1CCOCC1)NCC(C)Oc1cccc(OC)c1. The van der Waals surface area contributed by atoms with Crippen molar-refractivity contribution >= 4 is 5.96 Å². The van der Waals surface area contributed by atoms with Gasteiger partial charge in [-0.1, -0.05) is 6.07 Å². The van der Waals surface area contributed by atoms with Crippen LogP contribution in [0.1, 0.15) is 20.8 Å². The molecule has 1 aromatic rings. The number of aliphatic imine (C=N–C) groups is 1. The van der Waals surface area contributed by atoms with E-state index in [0.29, 0.717) is 38.8 Å². The van der Waals surface area contributed by atoms with Crippen molar-refractivity contribution in [3.63, 3.8) is 0 Å². The highest BCUT2D eigenvalue weighted by atomic mass is 16.5. The third kappa shape index (κ3) is 8.89. The summed E-state index contributed by atoms with van der Waals surface area (Å²) in [5, 5.41) is 17.2. The van der Waals surface area contributed by atoms with Gasteiger partial charge in [0.15, 0.2) is 5.96 Å². The monoisotopic (exact) mass is 408 g/mol. The predicted molar refractivity (Wildman–Crippen MR) is 115 cm³/mol. The Bertz CT molecular complexity index is 633. The lowest BCUT2D eigenvalue weighted by Gasteiger charge is -2.33. The number of guanidine groups is 1. The second kappa shape index (κ2) is 11.8. The molecule has 2 unspecified atom stereocenters. The number of nitrogens with one attached hydrogen (secondary N) is 2. The van der Waals surface area contributed by atoms with E-state index in [1.165, 1.54) is 0 Å². The highest BCUT2D eigenvalue weighted by molar-refractivity contribution is 5.79. The van der Waals surface area contributed by atoms with Gasteiger partial charge >= 0.3 is 0 Å². The van der Waals surface area contributed by atoms with Crippen LogP contribution in [0.4, 0.5) is 0 Å². The number of ether oxygens (including phenoxy) is 3. The van der Waals surface area contributed by atoms with E-state index >= 15 is 0 Å². The zero-order chi connectivity index (χ0) is 21.1. The van der Waals surface area contributed by atoms with Crippen LogP contribution < -0.4 is 20.1 Å². The quantitative estimate of drug-likeness (QED) is 0.395. The first-order chi connectivity index (χ1) is 13.9. The minimum Gasteiger partial charge on any atom is -0.497 e. The number of methoxy groups -OCH3 is 1. The second-order valence-electron chi connectivity index (χ2n) is 7.57. The Balaban J connectivity index is 1.83. The van der Waals surface area contributed by atoms with Gasteiger partial charge in [0.05, 0.1) is 39.0 Å². The van der Waals surface area contributed by atoms with Crippen LogP contribution in [0.2, 0.25) is 0 Å². The first-order valence-corrected chi connectivity index (χ1v) is 10.3. The molecule has 0 saturated carbocycles. The lowest BCUT2D eigenvalue weighted by molar-refractivity contribution is -0.0180. The number of hydrogen-bond donors (Lipinski definition) is 3. The van der Waals surface area contributed by atoms with Gasteiger partial charge in [0.2, 0.25) is 0 Å². The van der Waals surface area contributed by atoms with Crippen molar-refractivity contribution in [2.45, 2.75) is 32.5 Å². The van der Waals surface area contributed by atoms with Crippen LogP contribution in [-0.4, -0.2) is 87.3 Å². The average Bonchev–Trinajstić information content (AvgIpc) is 2.70. The minimum atomic E-state index is -0.900. The largest absolute Gasteiger partial charge is 0.497 e. The van der Waals surface area contributed by atoms with E-state index in [0.717, 1.165) is 31.1 Å². The topological polar surface area (TPSA) is 87.6 Å². The van der Waals surface area contributed by atoms with Gasteiger partial charge in [-0.3, -0.25) is 9.89 Å². The average molecular weight is 409 g/mol. The fourth-order valence-electron chi connectivity index (χ4n) is 3.07. The molecule has 1 saturated heterocycles. The van der Waals surface area contributed by atoms with Gasteiger partial charge in [0, 0.05) is 32.2 Å². The summed E-state index contributed by atoms with van der Waals surface area (Å²) in [6.45, 7) is 11.2. The number of morpholine rings is 1.